The van der Waals surface area contributed by atoms with Crippen LogP contribution in [0.3, 0.4) is 0 Å². The summed E-state index contributed by atoms with van der Waals surface area (Å²) in [6.45, 7) is -3.47. The number of ether oxygens (including phenoxy) is 1. The Morgan fingerprint density at radius 2 is 1.96 bits per heavy atom. The Kier molecular flexibility index (Phi) is 3.50. The number of nitrogens with zero attached hydrogens (tertiary/aromatic N) is 1. The van der Waals surface area contributed by atoms with E-state index in [1.54, 1.807) is 0 Å². The predicted molar refractivity (Wildman–Crippen MR) is 70.0 cm³/mol. The molecular formula is C14H9F4NO4. The molecule has 23 heavy (non-hydrogen) atoms. The van der Waals surface area contributed by atoms with Gasteiger partial charge in [-0.3, -0.25) is 4.79 Å². The van der Waals surface area contributed by atoms with E-state index in [0.717, 1.165) is 10.6 Å². The summed E-state index contributed by atoms with van der Waals surface area (Å²) in [7, 11) is 0. The molecule has 3 rings (SSSR count). The minimum atomic E-state index is -3.47. The highest BCUT2D eigenvalue weighted by Crippen LogP contribution is 2.41. The smallest absolute Gasteiger partial charge is 0.387 e. The number of hydrogen-bond donors (Lipinski definition) is 1. The van der Waals surface area contributed by atoms with E-state index in [-0.39, 0.29) is 0 Å². The van der Waals surface area contributed by atoms with Crippen molar-refractivity contribution in [3.8, 4) is 5.75 Å². The predicted octanol–water partition coefficient (Wildman–Crippen LogP) is 2.91. The maximum absolute atomic E-state index is 13.9. The van der Waals surface area contributed by atoms with E-state index < -0.39 is 58.0 Å². The third-order valence-electron chi connectivity index (χ3n) is 3.52. The first-order valence-corrected chi connectivity index (χ1v) is 6.56. The summed E-state index contributed by atoms with van der Waals surface area (Å²) in [5, 5.41) is 8.79. The van der Waals surface area contributed by atoms with Gasteiger partial charge in [0.25, 0.3) is 0 Å². The van der Waals surface area contributed by atoms with Crippen molar-refractivity contribution < 1.29 is 32.2 Å². The van der Waals surface area contributed by atoms with Crippen molar-refractivity contribution in [2.24, 2.45) is 0 Å². The third kappa shape index (κ3) is 2.51. The Labute approximate surface area is 125 Å². The summed E-state index contributed by atoms with van der Waals surface area (Å²) < 4.78 is 57.7. The van der Waals surface area contributed by atoms with Gasteiger partial charge < -0.3 is 14.4 Å². The van der Waals surface area contributed by atoms with Gasteiger partial charge in [0.05, 0.1) is 10.9 Å². The van der Waals surface area contributed by atoms with Crippen LogP contribution in [0.25, 0.3) is 10.9 Å². The molecule has 0 aliphatic heterocycles. The molecular weight excluding hydrogens is 322 g/mol. The molecule has 0 saturated heterocycles. The number of carboxylic acid groups (broad SMARTS) is 1. The van der Waals surface area contributed by atoms with Crippen molar-refractivity contribution in [3.63, 3.8) is 0 Å². The highest BCUT2D eigenvalue weighted by molar-refractivity contribution is 5.93. The minimum Gasteiger partial charge on any atom is -0.477 e. The van der Waals surface area contributed by atoms with Gasteiger partial charge in [-0.25, -0.2) is 9.18 Å². The molecule has 122 valence electrons. The summed E-state index contributed by atoms with van der Waals surface area (Å²) in [5.41, 5.74) is -1.89. The minimum absolute atomic E-state index is 0.408. The number of halogens is 4. The van der Waals surface area contributed by atoms with Gasteiger partial charge in [-0.1, -0.05) is 0 Å². The summed E-state index contributed by atoms with van der Waals surface area (Å²) in [6, 6.07) is 0.900. The Hall–Kier alpha value is -2.58. The molecule has 1 fully saturated rings. The molecule has 1 aliphatic carbocycles. The number of aromatic carboxylic acids is 1. The first kappa shape index (κ1) is 15.3. The molecule has 0 unspecified atom stereocenters. The summed E-state index contributed by atoms with van der Waals surface area (Å²) >= 11 is 0. The second kappa shape index (κ2) is 5.25. The molecule has 1 saturated carbocycles. The maximum atomic E-state index is 13.9. The molecule has 1 N–H and O–H groups in total. The van der Waals surface area contributed by atoms with Crippen LogP contribution in [0.5, 0.6) is 5.75 Å². The van der Waals surface area contributed by atoms with E-state index >= 15 is 0 Å². The topological polar surface area (TPSA) is 68.5 Å². The lowest BCUT2D eigenvalue weighted by Crippen LogP contribution is -2.19. The largest absolute Gasteiger partial charge is 0.477 e. The number of rotatable bonds is 4. The second-order valence-corrected chi connectivity index (χ2v) is 5.08. The van der Waals surface area contributed by atoms with Crippen LogP contribution in [0.4, 0.5) is 17.6 Å². The maximum Gasteiger partial charge on any atom is 0.387 e. The number of fused-ring (bicyclic) bond motifs is 1. The molecule has 1 heterocycles. The zero-order valence-corrected chi connectivity index (χ0v) is 11.4. The van der Waals surface area contributed by atoms with Crippen LogP contribution in [0.15, 0.2) is 16.9 Å². The van der Waals surface area contributed by atoms with E-state index in [4.69, 9.17) is 0 Å². The van der Waals surface area contributed by atoms with Crippen molar-refractivity contribution in [3.05, 3.63) is 39.7 Å². The molecule has 1 aromatic heterocycles. The lowest BCUT2D eigenvalue weighted by Gasteiger charge is -2.17. The van der Waals surface area contributed by atoms with Crippen LogP contribution in [0.1, 0.15) is 29.4 Å². The van der Waals surface area contributed by atoms with Crippen LogP contribution in [0.2, 0.25) is 0 Å². The fourth-order valence-electron chi connectivity index (χ4n) is 2.49. The van der Waals surface area contributed by atoms with Gasteiger partial charge in [0.1, 0.15) is 5.69 Å². The number of carboxylic acids is 1. The van der Waals surface area contributed by atoms with Gasteiger partial charge in [-0.2, -0.15) is 13.2 Å². The van der Waals surface area contributed by atoms with Crippen LogP contribution in [0, 0.1) is 11.6 Å². The fraction of sp³-hybridized carbons (Fsp3) is 0.286. The summed E-state index contributed by atoms with van der Waals surface area (Å²) in [4.78, 5) is 23.3. The quantitative estimate of drug-likeness (QED) is 0.875. The van der Waals surface area contributed by atoms with Crippen molar-refractivity contribution in [2.45, 2.75) is 25.5 Å². The van der Waals surface area contributed by atoms with Gasteiger partial charge in [0.15, 0.2) is 17.0 Å². The van der Waals surface area contributed by atoms with Gasteiger partial charge in [-0.15, -0.1) is 0 Å². The van der Waals surface area contributed by atoms with Crippen LogP contribution in [-0.4, -0.2) is 22.3 Å². The molecule has 0 amide bonds. The SMILES string of the molecule is O=C(O)c1cc(=O)c2cc(F)c(F)c(OC(F)F)c2n1C1CC1. The van der Waals surface area contributed by atoms with Crippen molar-refractivity contribution in [1.82, 2.24) is 4.57 Å². The van der Waals surface area contributed by atoms with Crippen LogP contribution >= 0.6 is 0 Å². The number of alkyl halides is 2. The van der Waals surface area contributed by atoms with E-state index in [1.807, 2.05) is 0 Å². The molecule has 0 spiro atoms. The number of aromatic nitrogens is 1. The average Bonchev–Trinajstić information content (AvgIpc) is 3.28. The van der Waals surface area contributed by atoms with Gasteiger partial charge in [0.2, 0.25) is 5.82 Å². The van der Waals surface area contributed by atoms with Gasteiger partial charge >= 0.3 is 12.6 Å². The first-order valence-electron chi connectivity index (χ1n) is 6.56. The standard InChI is InChI=1S/C14H9F4NO4/c15-7-3-6-9(20)4-8(13(21)22)19(5-1-2-5)11(6)12(10(7)16)23-14(17)18/h3-5,14H,1-2H2,(H,21,22). The Balaban J connectivity index is 2.49. The van der Waals surface area contributed by atoms with E-state index in [2.05, 4.69) is 4.74 Å². The normalized spacial score (nSPS) is 14.5. The second-order valence-electron chi connectivity index (χ2n) is 5.08. The summed E-state index contributed by atoms with van der Waals surface area (Å²) in [6.07, 6.45) is 1.04. The highest BCUT2D eigenvalue weighted by Gasteiger charge is 2.32. The molecule has 0 atom stereocenters. The monoisotopic (exact) mass is 331 g/mol. The Morgan fingerprint density at radius 3 is 2.48 bits per heavy atom. The molecule has 9 heteroatoms. The van der Waals surface area contributed by atoms with Crippen LogP contribution < -0.4 is 10.2 Å². The van der Waals surface area contributed by atoms with E-state index in [0.29, 0.717) is 18.9 Å². The molecule has 0 bridgehead atoms. The van der Waals surface area contributed by atoms with Crippen LogP contribution in [-0.2, 0) is 0 Å². The first-order chi connectivity index (χ1) is 10.8. The highest BCUT2D eigenvalue weighted by atomic mass is 19.3. The van der Waals surface area contributed by atoms with E-state index in [9.17, 15) is 32.3 Å². The third-order valence-corrected chi connectivity index (χ3v) is 3.52. The number of hydrogen-bond acceptors (Lipinski definition) is 3. The molecule has 1 aromatic carbocycles. The number of carbonyl (C=O) groups is 1. The van der Waals surface area contributed by atoms with Gasteiger partial charge in [0, 0.05) is 12.1 Å². The Bertz CT molecular complexity index is 873. The van der Waals surface area contributed by atoms with Gasteiger partial charge in [-0.05, 0) is 18.9 Å². The fourth-order valence-corrected chi connectivity index (χ4v) is 2.49. The van der Waals surface area contributed by atoms with Crippen molar-refractivity contribution in [2.75, 3.05) is 0 Å². The summed E-state index contributed by atoms with van der Waals surface area (Å²) in [5.74, 6) is -5.88. The number of pyridine rings is 1. The Morgan fingerprint density at radius 1 is 1.30 bits per heavy atom. The lowest BCUT2D eigenvalue weighted by atomic mass is 10.1. The molecule has 1 aliphatic rings. The van der Waals surface area contributed by atoms with Crippen molar-refractivity contribution in [1.29, 1.82) is 0 Å². The molecule has 5 nitrogen and oxygen atoms in total. The zero-order chi connectivity index (χ0) is 16.9. The molecule has 2 aromatic rings. The molecule has 0 radical (unpaired) electrons. The number of benzene rings is 1. The zero-order valence-electron chi connectivity index (χ0n) is 11.4. The van der Waals surface area contributed by atoms with E-state index in [1.165, 1.54) is 0 Å². The van der Waals surface area contributed by atoms with Crippen molar-refractivity contribution >= 4 is 16.9 Å². The lowest BCUT2D eigenvalue weighted by molar-refractivity contribution is -0.0516. The average molecular weight is 331 g/mol.